The van der Waals surface area contributed by atoms with E-state index in [1.54, 1.807) is 37.4 Å². The Hall–Kier alpha value is -3.33. The van der Waals surface area contributed by atoms with Gasteiger partial charge in [-0.25, -0.2) is 15.2 Å². The van der Waals surface area contributed by atoms with Gasteiger partial charge in [-0.2, -0.15) is 0 Å². The van der Waals surface area contributed by atoms with Crippen molar-refractivity contribution in [3.8, 4) is 5.75 Å². The number of likely N-dealkylation sites (N-methyl/N-ethyl adjacent to an activating group) is 1. The molecule has 2 aromatic rings. The maximum atomic E-state index is 14.1. The van der Waals surface area contributed by atoms with Gasteiger partial charge in [0.05, 0.1) is 6.54 Å². The molecule has 1 fully saturated rings. The third kappa shape index (κ3) is 7.85. The summed E-state index contributed by atoms with van der Waals surface area (Å²) in [5.41, 5.74) is 14.1. The molecular weight excluding hydrogens is 447 g/mol. The van der Waals surface area contributed by atoms with E-state index in [2.05, 4.69) is 4.98 Å². The van der Waals surface area contributed by atoms with Crippen molar-refractivity contribution >= 4 is 11.7 Å². The highest BCUT2D eigenvalue weighted by molar-refractivity contribution is 5.95. The van der Waals surface area contributed by atoms with Crippen LogP contribution in [0.4, 0.5) is 10.2 Å². The van der Waals surface area contributed by atoms with Crippen molar-refractivity contribution in [1.29, 1.82) is 0 Å². The molecule has 6 N–H and O–H groups in total. The first-order valence-electron chi connectivity index (χ1n) is 12.0. The number of carbonyl (C=O) groups excluding carboxylic acids is 1. The van der Waals surface area contributed by atoms with Crippen molar-refractivity contribution in [2.45, 2.75) is 53.1 Å². The Bertz CT molecular complexity index is 1020. The van der Waals surface area contributed by atoms with E-state index in [1.807, 2.05) is 20.8 Å². The molecule has 1 amide bonds. The van der Waals surface area contributed by atoms with E-state index >= 15 is 0 Å². The SMILES string of the molecule is CC.Cc1cnc(N)c(OC(C)c2cc(F)ccc2C(=O)N(C)C/C(N)=C/N(N)CC2CCC2)c1. The van der Waals surface area contributed by atoms with E-state index in [4.69, 9.17) is 22.0 Å². The van der Waals surface area contributed by atoms with Crippen molar-refractivity contribution in [2.24, 2.45) is 17.5 Å². The average Bonchev–Trinajstić information content (AvgIpc) is 2.79. The van der Waals surface area contributed by atoms with Gasteiger partial charge in [0, 0.05) is 42.8 Å². The van der Waals surface area contributed by atoms with E-state index in [1.165, 1.54) is 42.4 Å². The van der Waals surface area contributed by atoms with Crippen molar-refractivity contribution in [2.75, 3.05) is 25.9 Å². The van der Waals surface area contributed by atoms with Crippen LogP contribution in [0.25, 0.3) is 0 Å². The zero-order valence-corrected chi connectivity index (χ0v) is 21.4. The highest BCUT2D eigenvalue weighted by Crippen LogP contribution is 2.29. The molecule has 9 heteroatoms. The molecule has 1 aliphatic rings. The van der Waals surface area contributed by atoms with Crippen molar-refractivity contribution in [3.63, 3.8) is 0 Å². The molecule has 0 bridgehead atoms. The van der Waals surface area contributed by atoms with Gasteiger partial charge in [-0.15, -0.1) is 0 Å². The summed E-state index contributed by atoms with van der Waals surface area (Å²) in [4.78, 5) is 18.7. The molecule has 0 aliphatic heterocycles. The lowest BCUT2D eigenvalue weighted by molar-refractivity contribution is 0.0800. The predicted octanol–water partition coefficient (Wildman–Crippen LogP) is 4.13. The number of nitrogens with two attached hydrogens (primary N) is 3. The average molecular weight is 487 g/mol. The fourth-order valence-electron chi connectivity index (χ4n) is 3.80. The predicted molar refractivity (Wildman–Crippen MR) is 138 cm³/mol. The molecule has 1 aromatic carbocycles. The summed E-state index contributed by atoms with van der Waals surface area (Å²) >= 11 is 0. The van der Waals surface area contributed by atoms with Gasteiger partial charge in [0.2, 0.25) is 0 Å². The number of rotatable bonds is 9. The molecule has 0 radical (unpaired) electrons. The minimum Gasteiger partial charge on any atom is -0.482 e. The molecule has 8 nitrogen and oxygen atoms in total. The zero-order valence-electron chi connectivity index (χ0n) is 21.4. The summed E-state index contributed by atoms with van der Waals surface area (Å²) in [6, 6.07) is 5.75. The summed E-state index contributed by atoms with van der Waals surface area (Å²) in [7, 11) is 1.64. The summed E-state index contributed by atoms with van der Waals surface area (Å²) in [5, 5.41) is 1.58. The maximum Gasteiger partial charge on any atom is 0.254 e. The third-order valence-electron chi connectivity index (χ3n) is 5.80. The largest absolute Gasteiger partial charge is 0.482 e. The number of benzene rings is 1. The summed E-state index contributed by atoms with van der Waals surface area (Å²) in [6.45, 7) is 8.52. The molecule has 1 heterocycles. The van der Waals surface area contributed by atoms with Crippen LogP contribution in [0.1, 0.15) is 67.6 Å². The van der Waals surface area contributed by atoms with Crippen LogP contribution in [-0.2, 0) is 0 Å². The number of nitrogens with zero attached hydrogens (tertiary/aromatic N) is 3. The van der Waals surface area contributed by atoms with Crippen molar-refractivity contribution in [3.05, 3.63) is 64.9 Å². The quantitative estimate of drug-likeness (QED) is 0.360. The molecule has 1 saturated carbocycles. The van der Waals surface area contributed by atoms with Crippen molar-refractivity contribution < 1.29 is 13.9 Å². The number of carbonyl (C=O) groups is 1. The number of ether oxygens (including phenoxy) is 1. The minimum atomic E-state index is -0.645. The number of nitrogen functional groups attached to an aromatic ring is 1. The lowest BCUT2D eigenvalue weighted by Gasteiger charge is -2.29. The second-order valence-corrected chi connectivity index (χ2v) is 8.75. The normalized spacial score (nSPS) is 14.3. The second-order valence-electron chi connectivity index (χ2n) is 8.75. The van der Waals surface area contributed by atoms with Gasteiger partial charge in [0.1, 0.15) is 11.9 Å². The standard InChI is InChI=1S/C24H33FN6O2.C2H6/c1-15-9-22(23(27)29-11-15)33-16(2)21-10-18(25)7-8-20(21)24(32)30(3)13-19(26)14-31(28)12-17-5-4-6-17;1-2/h7-11,14,16-17H,4-6,12-13,26,28H2,1-3H3,(H2,27,29);1-2H3/b19-14-;. The van der Waals surface area contributed by atoms with Crippen LogP contribution < -0.4 is 22.0 Å². The summed E-state index contributed by atoms with van der Waals surface area (Å²) < 4.78 is 20.0. The van der Waals surface area contributed by atoms with Crippen LogP contribution in [0.3, 0.4) is 0 Å². The van der Waals surface area contributed by atoms with Crippen LogP contribution in [0.2, 0.25) is 0 Å². The number of hydrazine groups is 1. The van der Waals surface area contributed by atoms with Crippen LogP contribution in [0, 0.1) is 18.7 Å². The number of hydrogen-bond acceptors (Lipinski definition) is 7. The zero-order chi connectivity index (χ0) is 26.1. The lowest BCUT2D eigenvalue weighted by atomic mass is 9.85. The summed E-state index contributed by atoms with van der Waals surface area (Å²) in [5.74, 6) is 6.44. The molecule has 3 rings (SSSR count). The van der Waals surface area contributed by atoms with E-state index in [9.17, 15) is 9.18 Å². The highest BCUT2D eigenvalue weighted by Gasteiger charge is 2.23. The van der Waals surface area contributed by atoms with Crippen LogP contribution in [-0.4, -0.2) is 40.9 Å². The third-order valence-corrected chi connectivity index (χ3v) is 5.80. The highest BCUT2D eigenvalue weighted by atomic mass is 19.1. The molecule has 192 valence electrons. The number of pyridine rings is 1. The van der Waals surface area contributed by atoms with Gasteiger partial charge < -0.3 is 26.1 Å². The number of aromatic nitrogens is 1. The Balaban J connectivity index is 0.00000210. The lowest BCUT2D eigenvalue weighted by Crippen LogP contribution is -2.36. The Kier molecular flexibility index (Phi) is 10.3. The molecule has 1 aromatic heterocycles. The van der Waals surface area contributed by atoms with Gasteiger partial charge in [0.25, 0.3) is 5.91 Å². The second kappa shape index (κ2) is 12.9. The fourth-order valence-corrected chi connectivity index (χ4v) is 3.80. The number of amides is 1. The van der Waals surface area contributed by atoms with Gasteiger partial charge >= 0.3 is 0 Å². The number of halogens is 1. The minimum absolute atomic E-state index is 0.179. The molecule has 0 saturated heterocycles. The Morgan fingerprint density at radius 2 is 2.00 bits per heavy atom. The van der Waals surface area contributed by atoms with E-state index in [-0.39, 0.29) is 18.3 Å². The van der Waals surface area contributed by atoms with E-state index < -0.39 is 11.9 Å². The smallest absolute Gasteiger partial charge is 0.254 e. The van der Waals surface area contributed by atoms with Crippen LogP contribution in [0.5, 0.6) is 5.75 Å². The van der Waals surface area contributed by atoms with Gasteiger partial charge in [-0.05, 0) is 62.4 Å². The first kappa shape index (κ1) is 27.9. The molecule has 35 heavy (non-hydrogen) atoms. The Morgan fingerprint density at radius 1 is 1.31 bits per heavy atom. The molecule has 1 atom stereocenters. The topological polar surface area (TPSA) is 124 Å². The first-order valence-corrected chi connectivity index (χ1v) is 12.0. The fraction of sp³-hybridized carbons (Fsp3) is 0.462. The Morgan fingerprint density at radius 3 is 2.63 bits per heavy atom. The molecule has 0 spiro atoms. The molecule has 1 aliphatic carbocycles. The Labute approximate surface area is 207 Å². The van der Waals surface area contributed by atoms with Gasteiger partial charge in [-0.1, -0.05) is 20.3 Å². The molecule has 1 unspecified atom stereocenters. The number of hydrogen-bond donors (Lipinski definition) is 3. The van der Waals surface area contributed by atoms with E-state index in [0.29, 0.717) is 28.5 Å². The number of aryl methyl sites for hydroxylation is 1. The summed E-state index contributed by atoms with van der Waals surface area (Å²) in [6.07, 6.45) is 6.24. The monoisotopic (exact) mass is 486 g/mol. The van der Waals surface area contributed by atoms with Crippen molar-refractivity contribution in [1.82, 2.24) is 14.9 Å². The maximum absolute atomic E-state index is 14.1. The van der Waals surface area contributed by atoms with E-state index in [0.717, 1.165) is 12.1 Å². The van der Waals surface area contributed by atoms with Crippen LogP contribution >= 0.6 is 0 Å². The van der Waals surface area contributed by atoms with Gasteiger partial charge in [-0.3, -0.25) is 4.79 Å². The van der Waals surface area contributed by atoms with Gasteiger partial charge in [0.15, 0.2) is 11.6 Å². The first-order chi connectivity index (χ1) is 16.6. The van der Waals surface area contributed by atoms with Crippen LogP contribution in [0.15, 0.2) is 42.4 Å². The molecular formula is C26H39FN6O2. The number of anilines is 1.